The molecule has 24 atom stereocenters. The van der Waals surface area contributed by atoms with E-state index in [-0.39, 0.29) is 116 Å². The molecule has 47 nitrogen and oxygen atoms in total. The molecule has 51 heteroatoms. The van der Waals surface area contributed by atoms with Gasteiger partial charge in [-0.15, -0.1) is 0 Å². The van der Waals surface area contributed by atoms with Crippen molar-refractivity contribution in [3.8, 4) is 40.9 Å². The highest BCUT2D eigenvalue weighted by molar-refractivity contribution is 14.1. The zero-order valence-electron chi connectivity index (χ0n) is 80.6. The molecule has 2 bridgehead atoms. The van der Waals surface area contributed by atoms with Crippen LogP contribution in [0.15, 0.2) is 59.3 Å². The molecule has 2 aromatic rings. The number of nitrogens with two attached hydrogens (primary N) is 3. The van der Waals surface area contributed by atoms with Crippen LogP contribution in [0.4, 0.5) is 20.1 Å². The molecule has 0 unspecified atom stereocenters. The molecule has 0 saturated carbocycles. The number of unbranched alkanes of at least 4 members (excludes halogenated alkanes) is 1. The Bertz CT molecular complexity index is 4980. The number of urea groups is 1. The van der Waals surface area contributed by atoms with Crippen molar-refractivity contribution < 1.29 is 164 Å². The monoisotopic (exact) mass is 2170 g/mol. The maximum absolute atomic E-state index is 14.7. The van der Waals surface area contributed by atoms with E-state index >= 15 is 0 Å². The number of carbonyl (C=O) groups is 13. The first-order valence-corrected chi connectivity index (χ1v) is 50.0. The number of methoxy groups -OCH3 is 5. The number of rotatable bonds is 49. The van der Waals surface area contributed by atoms with Crippen LogP contribution in [0.5, 0.6) is 17.2 Å². The summed E-state index contributed by atoms with van der Waals surface area (Å²) < 4.78 is 79.5. The third-order valence-corrected chi connectivity index (χ3v) is 28.5. The average molecular weight is 2170 g/mol. The molecule has 4 heterocycles. The number of carboxylic acid groups (broad SMARTS) is 2. The number of nitrogens with one attached hydrogen (secondary N) is 9. The number of benzene rings is 2. The molecule has 4 fully saturated rings. The number of primary amides is 1. The van der Waals surface area contributed by atoms with Crippen LogP contribution in [0.25, 0.3) is 0 Å². The van der Waals surface area contributed by atoms with Gasteiger partial charge in [0.1, 0.15) is 80.0 Å². The van der Waals surface area contributed by atoms with Crippen molar-refractivity contribution in [1.82, 2.24) is 47.6 Å². The number of hydrogen-bond donors (Lipinski definition) is 19. The van der Waals surface area contributed by atoms with E-state index < -0.39 is 253 Å². The number of ether oxygens (including phenoxy) is 13. The zero-order valence-corrected chi connectivity index (χ0v) is 85.2. The van der Waals surface area contributed by atoms with Crippen LogP contribution >= 0.6 is 55.9 Å². The normalized spacial score (nSPS) is 26.5. The lowest BCUT2D eigenvalue weighted by Crippen LogP contribution is -2.65. The summed E-state index contributed by atoms with van der Waals surface area (Å²) in [5.41, 5.74) is 17.1. The predicted molar refractivity (Wildman–Crippen MR) is 518 cm³/mol. The maximum Gasteiger partial charge on any atom is 0.411 e. The fourth-order valence-electron chi connectivity index (χ4n) is 16.0. The van der Waals surface area contributed by atoms with Gasteiger partial charge in [0.25, 0.3) is 0 Å². The molecule has 0 spiro atoms. The number of alkyl carbamates (subject to hydrolysis) is 1. The molecule has 8 rings (SSSR count). The van der Waals surface area contributed by atoms with Gasteiger partial charge in [-0.1, -0.05) is 89.1 Å². The van der Waals surface area contributed by atoms with Crippen molar-refractivity contribution in [3.05, 3.63) is 79.6 Å². The van der Waals surface area contributed by atoms with Crippen molar-refractivity contribution in [3.63, 3.8) is 0 Å². The SMILES string of the molecule is CCN(C(=O)OCc1ccc(NC(=O)[C@H](CCCNC(N)=O)NC(=O)[C@@H](NC(=O)[C@H](CCCCN)NC(C)=O)C(C)C)cc1)[C@H]1CO[C@@H](O[C@H]2[C@H](O[C@H]3C#CC=CC#C[C@]4(O)CC(=O)C(NC(=O)OC)=C3/C4=C\CSSC[C@H](NC(=O)CC[C@H](N)C(=O)O)C(=O)NCC(=O)O)O[C@H](C)[C@@H](NO[C@H]3C[C@H](O)[C@H](SC(=O)c4c(C)c(I)c(O[C@@H]5O[C@@H](C)[C@H](O)[C@@H](OC)[C@H]5O)c(OC)c4OC)[C@@H](C)O3)[C@@H]2O)C[C@@H]1OC. The number of hydrogen-bond acceptors (Lipinski definition) is 38. The van der Waals surface area contributed by atoms with Crippen LogP contribution in [0, 0.1) is 40.1 Å². The molecule has 4 saturated heterocycles. The first-order chi connectivity index (χ1) is 67.5. The number of nitrogens with zero attached hydrogens (tertiary/aromatic N) is 1. The number of thioether (sulfide) groups is 1. The van der Waals surface area contributed by atoms with Crippen molar-refractivity contribution in [2.24, 2.45) is 23.1 Å². The van der Waals surface area contributed by atoms with Crippen LogP contribution in [-0.2, 0) is 102 Å². The van der Waals surface area contributed by atoms with Crippen molar-refractivity contribution >= 4 is 138 Å². The number of aliphatic hydroxyl groups is 5. The van der Waals surface area contributed by atoms with Crippen LogP contribution in [0.1, 0.15) is 134 Å². The minimum absolute atomic E-state index is 0.000157. The molecule has 2 aromatic carbocycles. The number of carbonyl (C=O) groups excluding carboxylic acids is 11. The largest absolute Gasteiger partial charge is 0.492 e. The third-order valence-electron chi connectivity index (χ3n) is 23.6. The zero-order chi connectivity index (χ0) is 105. The van der Waals surface area contributed by atoms with Gasteiger partial charge in [0.15, 0.2) is 41.8 Å². The van der Waals surface area contributed by atoms with Gasteiger partial charge < -0.3 is 157 Å². The topological polar surface area (TPSA) is 682 Å². The number of aliphatic carboxylic acids is 2. The smallest absolute Gasteiger partial charge is 0.411 e. The van der Waals surface area contributed by atoms with Crippen LogP contribution in [0.3, 0.4) is 0 Å². The van der Waals surface area contributed by atoms with E-state index in [4.69, 9.17) is 83.6 Å². The Morgan fingerprint density at radius 3 is 2.06 bits per heavy atom. The number of fused-ring (bicyclic) bond motifs is 2. The van der Waals surface area contributed by atoms with Gasteiger partial charge in [0, 0.05) is 81.8 Å². The molecule has 0 aromatic heterocycles. The van der Waals surface area contributed by atoms with Crippen LogP contribution in [0.2, 0.25) is 0 Å². The number of halogens is 1. The van der Waals surface area contributed by atoms with Gasteiger partial charge in [-0.25, -0.2) is 14.4 Å². The molecular weight excluding hydrogens is 2040 g/mol. The quantitative estimate of drug-likeness (QED) is 0.0141. The average Bonchev–Trinajstić information content (AvgIpc) is 0.748. The summed E-state index contributed by atoms with van der Waals surface area (Å²) in [5, 5.41) is 97.3. The number of aliphatic hydroxyl groups excluding tert-OH is 4. The van der Waals surface area contributed by atoms with E-state index in [2.05, 4.69) is 71.7 Å². The third kappa shape index (κ3) is 32.6. The molecule has 786 valence electrons. The van der Waals surface area contributed by atoms with Gasteiger partial charge in [0.2, 0.25) is 52.6 Å². The highest BCUT2D eigenvalue weighted by atomic mass is 127. The van der Waals surface area contributed by atoms with E-state index in [9.17, 15) is 98.1 Å². The van der Waals surface area contributed by atoms with Crippen molar-refractivity contribution in [2.75, 3.05) is 85.2 Å². The molecular formula is C91H128IN13O34S3. The summed E-state index contributed by atoms with van der Waals surface area (Å²) in [7, 11) is 8.31. The lowest BCUT2D eigenvalue weighted by Gasteiger charge is -2.47. The van der Waals surface area contributed by atoms with Crippen molar-refractivity contribution in [1.29, 1.82) is 0 Å². The van der Waals surface area contributed by atoms with E-state index in [1.54, 1.807) is 53.7 Å². The summed E-state index contributed by atoms with van der Waals surface area (Å²) in [6, 6.07) is -3.04. The first-order valence-electron chi connectivity index (χ1n) is 45.6. The Hall–Kier alpha value is -9.81. The summed E-state index contributed by atoms with van der Waals surface area (Å²) in [6.07, 6.45) is -19.0. The predicted octanol–water partition coefficient (Wildman–Crippen LogP) is 0.492. The van der Waals surface area contributed by atoms with E-state index in [1.165, 1.54) is 77.5 Å². The summed E-state index contributed by atoms with van der Waals surface area (Å²) >= 11 is 2.68. The number of hydroxylamine groups is 1. The Balaban J connectivity index is 1.05. The molecule has 142 heavy (non-hydrogen) atoms. The maximum atomic E-state index is 14.7. The number of ketones is 1. The second kappa shape index (κ2) is 56.6. The number of allylic oxidation sites excluding steroid dienone is 3. The highest BCUT2D eigenvalue weighted by Gasteiger charge is 2.53. The number of carboxylic acids is 2. The summed E-state index contributed by atoms with van der Waals surface area (Å²) in [4.78, 5) is 180. The Kier molecular flexibility index (Phi) is 46.8. The van der Waals surface area contributed by atoms with E-state index in [1.807, 2.05) is 22.6 Å². The molecule has 4 aliphatic heterocycles. The number of anilines is 1. The number of likely N-dealkylation sites (N-methyl/N-ethyl adjacent to an activating group) is 1. The lowest BCUT2D eigenvalue weighted by atomic mass is 9.75. The molecule has 6 aliphatic rings. The molecule has 2 aliphatic carbocycles. The van der Waals surface area contributed by atoms with Crippen LogP contribution in [-0.4, -0.2) is 342 Å². The van der Waals surface area contributed by atoms with E-state index in [0.717, 1.165) is 40.5 Å². The Morgan fingerprint density at radius 1 is 0.739 bits per heavy atom. The summed E-state index contributed by atoms with van der Waals surface area (Å²) in [6.45, 7) is 11.6. The molecule has 0 radical (unpaired) electrons. The van der Waals surface area contributed by atoms with Gasteiger partial charge in [0.05, 0.1) is 97.0 Å². The Labute approximate surface area is 845 Å². The van der Waals surface area contributed by atoms with Crippen LogP contribution < -0.4 is 79.4 Å². The van der Waals surface area contributed by atoms with Gasteiger partial charge >= 0.3 is 30.2 Å². The molecule has 22 N–H and O–H groups in total. The molecule has 10 amide bonds. The van der Waals surface area contributed by atoms with E-state index in [0.29, 0.717) is 34.1 Å². The number of amides is 10. The number of Topliss-reactive ketones (excluding diaryl/α,β-unsaturated/α-hetero) is 1. The standard InChI is InChI=1S/C91H128IN13O34S3/c1-14-105(90(124)132-40-49-25-27-50(28-26-49)99-81(116)54(23-21-34-96-88(95)122)101-83(118)68(43(2)3)102-82(117)53(98-48(8)106)22-18-20-33-93)56-41-131-63(37-60(56)126-9)137-77-72(113)69(104-139-64-36-57(107)79(47(7)133-64)142-85(121)65-44(4)67(92)75(78(129-12)74(65)127-10)138-86-73(114)76(128-11)71(112)46(6)135-86)45(5)134-87(77)136-59-24-17-15-16-19-32-91(125)38-58(108)70(103-89(123)130-13)66(59)51(91)31-35-140-141-42-55(80(115)97-39-62(110)111)100-61(109)30-29-52(94)84(119)120/h15-16,25-28,31,43,45-47,52-57,59-60,63-64,68-69,71-73,76-77,79,86-87,104,107,112-114,125H,14,18,20-23,29-30,33-42,93-94H2,1-13H3,(H,97,115)(H,98,106)(H,99,116)(H,100,109)(H,101,118)(H,102,117)(H,103,123)(H,110,111)(H,119,120)(H3,95,96,122)/b16-15?,51-31+/t45-,46+,47-,52+,53+,54+,55+,56+,57+,59+,60+,63+,64+,68+,69-,71+,72+,73-,76-,77-,79-,86+,87+,91+/m1/s1. The second-order valence-corrected chi connectivity index (χ2v) is 38.8. The Morgan fingerprint density at radius 2 is 1.43 bits per heavy atom. The van der Waals surface area contributed by atoms with Crippen molar-refractivity contribution in [2.45, 2.75) is 272 Å². The first kappa shape index (κ1) is 117. The van der Waals surface area contributed by atoms with Gasteiger partial charge in [-0.05, 0) is 144 Å². The second-order valence-electron chi connectivity index (χ2n) is 34.0. The highest BCUT2D eigenvalue weighted by Crippen LogP contribution is 2.50. The fourth-order valence-corrected chi connectivity index (χ4v) is 19.8. The fraction of sp³-hybridized carbons (Fsp3) is 0.615. The lowest BCUT2D eigenvalue weighted by molar-refractivity contribution is -0.337. The van der Waals surface area contributed by atoms with Gasteiger partial charge in [-0.3, -0.25) is 58.1 Å². The minimum atomic E-state index is -2.42. The summed E-state index contributed by atoms with van der Waals surface area (Å²) in [5.74, 6) is 2.33. The minimum Gasteiger partial charge on any atom is -0.492 e. The van der Waals surface area contributed by atoms with Gasteiger partial charge in [-0.2, -0.15) is 5.48 Å².